The van der Waals surface area contributed by atoms with E-state index < -0.39 is 22.9 Å². The van der Waals surface area contributed by atoms with Gasteiger partial charge >= 0.3 is 12.3 Å². The van der Waals surface area contributed by atoms with Gasteiger partial charge in [-0.25, -0.2) is 14.8 Å². The van der Waals surface area contributed by atoms with Gasteiger partial charge < -0.3 is 19.3 Å². The Bertz CT molecular complexity index is 1390. The highest BCUT2D eigenvalue weighted by molar-refractivity contribution is 7.11. The van der Waals surface area contributed by atoms with Crippen molar-refractivity contribution in [2.45, 2.75) is 76.2 Å². The minimum Gasteiger partial charge on any atom is -0.450 e. The van der Waals surface area contributed by atoms with Gasteiger partial charge in [-0.1, -0.05) is 0 Å². The SMILES string of the molecule is O=C(O)OC12CCC(CC(=O)N3CCc4c(n(Cc5cnc(C(F)(F)F)s5)c5ncccc45)C3)(CC1)CC2. The third-order valence-electron chi connectivity index (χ3n) is 8.64. The first-order valence-corrected chi connectivity index (χ1v) is 13.5. The van der Waals surface area contributed by atoms with E-state index in [1.807, 2.05) is 21.6 Å². The van der Waals surface area contributed by atoms with Crippen molar-refractivity contribution in [3.8, 4) is 0 Å². The van der Waals surface area contributed by atoms with Crippen LogP contribution in [0.4, 0.5) is 18.0 Å². The number of pyridine rings is 1. The molecule has 0 saturated heterocycles. The molecule has 38 heavy (non-hydrogen) atoms. The maximum absolute atomic E-state index is 13.6. The van der Waals surface area contributed by atoms with Crippen molar-refractivity contribution >= 4 is 34.4 Å². The largest absolute Gasteiger partial charge is 0.506 e. The van der Waals surface area contributed by atoms with E-state index in [-0.39, 0.29) is 17.9 Å². The molecule has 2 bridgehead atoms. The molecule has 0 radical (unpaired) electrons. The summed E-state index contributed by atoms with van der Waals surface area (Å²) in [6, 6.07) is 3.82. The summed E-state index contributed by atoms with van der Waals surface area (Å²) in [6.07, 6.45) is 2.50. The lowest BCUT2D eigenvalue weighted by Gasteiger charge is -2.52. The lowest BCUT2D eigenvalue weighted by atomic mass is 9.57. The summed E-state index contributed by atoms with van der Waals surface area (Å²) < 4.78 is 46.5. The number of ether oxygens (including phenoxy) is 1. The minimum absolute atomic E-state index is 0.0612. The first-order chi connectivity index (χ1) is 18.1. The highest BCUT2D eigenvalue weighted by Crippen LogP contribution is 2.55. The van der Waals surface area contributed by atoms with Crippen molar-refractivity contribution < 1.29 is 32.6 Å². The number of aromatic nitrogens is 3. The Kier molecular flexibility index (Phi) is 5.93. The van der Waals surface area contributed by atoms with Crippen LogP contribution in [0, 0.1) is 5.41 Å². The Morgan fingerprint density at radius 1 is 1.13 bits per heavy atom. The summed E-state index contributed by atoms with van der Waals surface area (Å²) in [5, 5.41) is 9.19. The summed E-state index contributed by atoms with van der Waals surface area (Å²) in [7, 11) is 0. The second-order valence-corrected chi connectivity index (χ2v) is 11.9. The van der Waals surface area contributed by atoms with Crippen LogP contribution >= 0.6 is 11.3 Å². The van der Waals surface area contributed by atoms with Crippen LogP contribution in [0.5, 0.6) is 0 Å². The fourth-order valence-electron chi connectivity index (χ4n) is 6.58. The fourth-order valence-corrected chi connectivity index (χ4v) is 7.34. The van der Waals surface area contributed by atoms with E-state index in [1.165, 1.54) is 6.20 Å². The predicted molar refractivity (Wildman–Crippen MR) is 132 cm³/mol. The zero-order valence-electron chi connectivity index (χ0n) is 20.6. The van der Waals surface area contributed by atoms with E-state index in [4.69, 9.17) is 9.84 Å². The molecule has 0 aromatic carbocycles. The molecule has 7 rings (SSSR count). The van der Waals surface area contributed by atoms with E-state index in [1.54, 1.807) is 6.20 Å². The molecule has 0 unspecified atom stereocenters. The zero-order valence-corrected chi connectivity index (χ0v) is 21.4. The van der Waals surface area contributed by atoms with Gasteiger partial charge in [0.05, 0.1) is 13.1 Å². The molecule has 4 aliphatic rings. The lowest BCUT2D eigenvalue weighted by Crippen LogP contribution is -2.50. The van der Waals surface area contributed by atoms with Crippen LogP contribution in [0.1, 0.15) is 66.1 Å². The van der Waals surface area contributed by atoms with Gasteiger partial charge in [-0.15, -0.1) is 11.3 Å². The maximum Gasteiger partial charge on any atom is 0.506 e. The molecule has 3 aliphatic carbocycles. The number of carboxylic acid groups (broad SMARTS) is 1. The zero-order chi connectivity index (χ0) is 26.7. The Balaban J connectivity index is 1.22. The topological polar surface area (TPSA) is 97.6 Å². The standard InChI is InChI=1S/C26H27F3N4O4S/c27-26(28,29)22-31-13-16(38-22)14-33-19-15-32(11-3-17(19)18-2-1-10-30-21(18)33)20(34)12-24-4-7-25(8-5-24,9-6-24)37-23(35)36/h1-2,10,13H,3-9,11-12,14-15H2,(H,35,36). The van der Waals surface area contributed by atoms with E-state index in [9.17, 15) is 22.8 Å². The highest BCUT2D eigenvalue weighted by Gasteiger charge is 2.52. The molecule has 0 spiro atoms. The Hall–Kier alpha value is -3.15. The molecule has 12 heteroatoms. The number of hydrogen-bond acceptors (Lipinski definition) is 6. The van der Waals surface area contributed by atoms with Crippen molar-refractivity contribution in [2.24, 2.45) is 5.41 Å². The van der Waals surface area contributed by atoms with E-state index in [0.717, 1.165) is 35.9 Å². The van der Waals surface area contributed by atoms with E-state index in [2.05, 4.69) is 9.97 Å². The molecule has 1 N–H and O–H groups in total. The third kappa shape index (κ3) is 4.42. The van der Waals surface area contributed by atoms with Crippen LogP contribution in [-0.4, -0.2) is 48.7 Å². The second kappa shape index (κ2) is 8.96. The van der Waals surface area contributed by atoms with E-state index >= 15 is 0 Å². The first-order valence-electron chi connectivity index (χ1n) is 12.7. The van der Waals surface area contributed by atoms with Gasteiger partial charge in [-0.2, -0.15) is 13.2 Å². The van der Waals surface area contributed by atoms with E-state index in [0.29, 0.717) is 67.1 Å². The molecule has 3 saturated carbocycles. The first kappa shape index (κ1) is 25.1. The van der Waals surface area contributed by atoms with Crippen LogP contribution in [-0.2, 0) is 35.2 Å². The maximum atomic E-state index is 13.6. The van der Waals surface area contributed by atoms with Crippen LogP contribution in [0.15, 0.2) is 24.5 Å². The third-order valence-corrected chi connectivity index (χ3v) is 9.67. The van der Waals surface area contributed by atoms with Crippen molar-refractivity contribution in [1.29, 1.82) is 0 Å². The average Bonchev–Trinajstić information content (AvgIpc) is 3.48. The summed E-state index contributed by atoms with van der Waals surface area (Å²) in [4.78, 5) is 35.1. The van der Waals surface area contributed by atoms with Crippen molar-refractivity contribution in [2.75, 3.05) is 6.54 Å². The molecule has 3 aromatic heterocycles. The minimum atomic E-state index is -4.49. The summed E-state index contributed by atoms with van der Waals surface area (Å²) in [5.74, 6) is 0.0612. The number of amides is 1. The molecule has 1 aliphatic heterocycles. The quantitative estimate of drug-likeness (QED) is 0.416. The van der Waals surface area contributed by atoms with Gasteiger partial charge in [-0.05, 0) is 68.1 Å². The second-order valence-electron chi connectivity index (χ2n) is 10.8. The van der Waals surface area contributed by atoms with Crippen molar-refractivity contribution in [1.82, 2.24) is 19.4 Å². The number of carbonyl (C=O) groups is 2. The number of fused-ring (bicyclic) bond motifs is 6. The predicted octanol–water partition coefficient (Wildman–Crippen LogP) is 5.62. The van der Waals surface area contributed by atoms with Crippen molar-refractivity contribution in [3.63, 3.8) is 0 Å². The number of thiazole rings is 1. The number of halogens is 3. The van der Waals surface area contributed by atoms with Gasteiger partial charge in [-0.3, -0.25) is 4.79 Å². The fraction of sp³-hybridized carbons (Fsp3) is 0.538. The lowest BCUT2D eigenvalue weighted by molar-refractivity contribution is -0.144. The van der Waals surface area contributed by atoms with Crippen LogP contribution in [0.3, 0.4) is 0 Å². The molecule has 8 nitrogen and oxygen atoms in total. The van der Waals surface area contributed by atoms with Crippen molar-refractivity contribution in [3.05, 3.63) is 45.7 Å². The molecule has 3 fully saturated rings. The van der Waals surface area contributed by atoms with Crippen LogP contribution in [0.2, 0.25) is 0 Å². The summed E-state index contributed by atoms with van der Waals surface area (Å²) in [6.45, 7) is 1.15. The molecule has 0 atom stereocenters. The van der Waals surface area contributed by atoms with Gasteiger partial charge in [0, 0.05) is 41.3 Å². The molecule has 3 aromatic rings. The van der Waals surface area contributed by atoms with Crippen LogP contribution < -0.4 is 0 Å². The summed E-state index contributed by atoms with van der Waals surface area (Å²) >= 11 is 0.626. The molecular formula is C26H27F3N4O4S. The average molecular weight is 549 g/mol. The monoisotopic (exact) mass is 548 g/mol. The number of carbonyl (C=O) groups excluding carboxylic acids is 1. The number of nitrogens with zero attached hydrogens (tertiary/aromatic N) is 4. The molecule has 1 amide bonds. The molecule has 202 valence electrons. The normalized spacial score (nSPS) is 25.0. The van der Waals surface area contributed by atoms with Gasteiger partial charge in [0.15, 0.2) is 5.01 Å². The number of hydrogen-bond donors (Lipinski definition) is 1. The smallest absolute Gasteiger partial charge is 0.450 e. The van der Waals surface area contributed by atoms with Gasteiger partial charge in [0.1, 0.15) is 11.2 Å². The molecular weight excluding hydrogens is 521 g/mol. The molecule has 4 heterocycles. The Morgan fingerprint density at radius 3 is 2.53 bits per heavy atom. The van der Waals surface area contributed by atoms with Gasteiger partial charge in [0.2, 0.25) is 5.91 Å². The Morgan fingerprint density at radius 2 is 1.87 bits per heavy atom. The number of rotatable bonds is 5. The van der Waals surface area contributed by atoms with Crippen LogP contribution in [0.25, 0.3) is 11.0 Å². The number of alkyl halides is 3. The summed E-state index contributed by atoms with van der Waals surface area (Å²) in [5.41, 5.74) is 1.95. The Labute approximate surface area is 220 Å². The highest BCUT2D eigenvalue weighted by atomic mass is 32.1. The van der Waals surface area contributed by atoms with Gasteiger partial charge in [0.25, 0.3) is 0 Å².